The lowest BCUT2D eigenvalue weighted by molar-refractivity contribution is 0.410. The van der Waals surface area contributed by atoms with Crippen molar-refractivity contribution >= 4 is 0 Å². The molecule has 0 amide bonds. The van der Waals surface area contributed by atoms with Crippen LogP contribution in [-0.2, 0) is 7.05 Å². The molecule has 5 nitrogen and oxygen atoms in total. The van der Waals surface area contributed by atoms with Crippen LogP contribution >= 0.6 is 0 Å². The molecule has 0 bridgehead atoms. The number of nitrogens with zero attached hydrogens (tertiary/aromatic N) is 3. The third kappa shape index (κ3) is 2.76. The number of hydrogen-bond acceptors (Lipinski definition) is 4. The summed E-state index contributed by atoms with van der Waals surface area (Å²) in [6.07, 6.45) is 1.79. The number of aryl methyl sites for hydroxylation is 2. The minimum absolute atomic E-state index is 0.0690. The monoisotopic (exact) mass is 260 g/mol. The Morgan fingerprint density at radius 2 is 2.21 bits per heavy atom. The van der Waals surface area contributed by atoms with E-state index in [1.807, 2.05) is 14.0 Å². The van der Waals surface area contributed by atoms with Crippen LogP contribution in [0.25, 0.3) is 0 Å². The summed E-state index contributed by atoms with van der Waals surface area (Å²) in [6, 6.07) is 6.32. The zero-order valence-electron chi connectivity index (χ0n) is 11.8. The number of ether oxygens (including phenoxy) is 1. The molecule has 0 aliphatic heterocycles. The van der Waals surface area contributed by atoms with Gasteiger partial charge in [-0.05, 0) is 30.7 Å². The summed E-state index contributed by atoms with van der Waals surface area (Å²) in [5.41, 5.74) is 3.31. The van der Waals surface area contributed by atoms with Crippen LogP contribution in [0.1, 0.15) is 29.8 Å². The molecular weight excluding hydrogens is 240 g/mol. The summed E-state index contributed by atoms with van der Waals surface area (Å²) in [5, 5.41) is 11.4. The molecule has 1 atom stereocenters. The Morgan fingerprint density at radius 1 is 1.42 bits per heavy atom. The second kappa shape index (κ2) is 5.84. The third-order valence-electron chi connectivity index (χ3n) is 3.22. The molecule has 1 aromatic carbocycles. The van der Waals surface area contributed by atoms with Gasteiger partial charge < -0.3 is 10.1 Å². The van der Waals surface area contributed by atoms with Gasteiger partial charge in [-0.3, -0.25) is 4.68 Å². The minimum atomic E-state index is 0.0690. The van der Waals surface area contributed by atoms with E-state index < -0.39 is 0 Å². The predicted octanol–water partition coefficient (Wildman–Crippen LogP) is 1.83. The van der Waals surface area contributed by atoms with E-state index in [0.717, 1.165) is 29.1 Å². The van der Waals surface area contributed by atoms with E-state index >= 15 is 0 Å². The first-order valence-corrected chi connectivity index (χ1v) is 6.39. The summed E-state index contributed by atoms with van der Waals surface area (Å²) < 4.78 is 7.19. The second-order valence-corrected chi connectivity index (χ2v) is 4.50. The highest BCUT2D eigenvalue weighted by molar-refractivity contribution is 5.39. The Morgan fingerprint density at radius 3 is 2.79 bits per heavy atom. The second-order valence-electron chi connectivity index (χ2n) is 4.50. The summed E-state index contributed by atoms with van der Waals surface area (Å²) >= 11 is 0. The Bertz CT molecular complexity index is 550. The van der Waals surface area contributed by atoms with Crippen molar-refractivity contribution in [3.05, 3.63) is 41.2 Å². The van der Waals surface area contributed by atoms with Gasteiger partial charge >= 0.3 is 0 Å². The molecule has 0 aliphatic rings. The highest BCUT2D eigenvalue weighted by atomic mass is 16.5. The molecule has 1 N–H and O–H groups in total. The standard InChI is InChI=1S/C14H20N4O/c1-5-15-14(12-9-16-17-18(12)3)11-7-6-10(2)13(8-11)19-4/h6-9,14-15H,5H2,1-4H3. The topological polar surface area (TPSA) is 52.0 Å². The average molecular weight is 260 g/mol. The molecule has 0 fully saturated rings. The number of aromatic nitrogens is 3. The summed E-state index contributed by atoms with van der Waals surface area (Å²) in [7, 11) is 3.60. The van der Waals surface area contributed by atoms with Crippen molar-refractivity contribution < 1.29 is 4.74 Å². The molecule has 1 heterocycles. The van der Waals surface area contributed by atoms with Gasteiger partial charge in [0.2, 0.25) is 0 Å². The largest absolute Gasteiger partial charge is 0.496 e. The van der Waals surface area contributed by atoms with Crippen molar-refractivity contribution in [2.45, 2.75) is 19.9 Å². The van der Waals surface area contributed by atoms with Crippen LogP contribution in [-0.4, -0.2) is 28.6 Å². The van der Waals surface area contributed by atoms with Gasteiger partial charge in [0.05, 0.1) is 25.0 Å². The maximum atomic E-state index is 5.40. The maximum Gasteiger partial charge on any atom is 0.122 e. The lowest BCUT2D eigenvalue weighted by atomic mass is 10.0. The van der Waals surface area contributed by atoms with Crippen LogP contribution in [0.4, 0.5) is 0 Å². The normalized spacial score (nSPS) is 12.4. The van der Waals surface area contributed by atoms with Gasteiger partial charge in [0.1, 0.15) is 5.75 Å². The van der Waals surface area contributed by atoms with Crippen LogP contribution < -0.4 is 10.1 Å². The van der Waals surface area contributed by atoms with Gasteiger partial charge in [-0.1, -0.05) is 24.3 Å². The molecule has 0 saturated heterocycles. The quantitative estimate of drug-likeness (QED) is 0.891. The number of benzene rings is 1. The lowest BCUT2D eigenvalue weighted by Crippen LogP contribution is -2.24. The van der Waals surface area contributed by atoms with Crippen molar-refractivity contribution in [3.63, 3.8) is 0 Å². The molecule has 19 heavy (non-hydrogen) atoms. The first-order valence-electron chi connectivity index (χ1n) is 6.39. The van der Waals surface area contributed by atoms with Crippen molar-refractivity contribution in [1.82, 2.24) is 20.3 Å². The van der Waals surface area contributed by atoms with Crippen molar-refractivity contribution in [2.75, 3.05) is 13.7 Å². The van der Waals surface area contributed by atoms with Gasteiger partial charge in [-0.25, -0.2) is 0 Å². The van der Waals surface area contributed by atoms with Gasteiger partial charge in [0.15, 0.2) is 0 Å². The van der Waals surface area contributed by atoms with E-state index in [1.165, 1.54) is 0 Å². The van der Waals surface area contributed by atoms with E-state index in [0.29, 0.717) is 0 Å². The Hall–Kier alpha value is -1.88. The first kappa shape index (κ1) is 13.5. The first-order chi connectivity index (χ1) is 9.17. The summed E-state index contributed by atoms with van der Waals surface area (Å²) in [4.78, 5) is 0. The molecule has 5 heteroatoms. The molecular formula is C14H20N4O. The van der Waals surface area contributed by atoms with Gasteiger partial charge in [0, 0.05) is 7.05 Å². The van der Waals surface area contributed by atoms with E-state index in [1.54, 1.807) is 18.0 Å². The van der Waals surface area contributed by atoms with Gasteiger partial charge in [-0.15, -0.1) is 5.10 Å². The third-order valence-corrected chi connectivity index (χ3v) is 3.22. The SMILES string of the molecule is CCNC(c1ccc(C)c(OC)c1)c1cnnn1C. The van der Waals surface area contributed by atoms with Crippen LogP contribution in [0.5, 0.6) is 5.75 Å². The number of rotatable bonds is 5. The van der Waals surface area contributed by atoms with Crippen LogP contribution in [0.15, 0.2) is 24.4 Å². The highest BCUT2D eigenvalue weighted by Gasteiger charge is 2.18. The van der Waals surface area contributed by atoms with Crippen molar-refractivity contribution in [3.8, 4) is 5.75 Å². The van der Waals surface area contributed by atoms with Crippen LogP contribution in [0.3, 0.4) is 0 Å². The fourth-order valence-electron chi connectivity index (χ4n) is 2.17. The van der Waals surface area contributed by atoms with E-state index in [-0.39, 0.29) is 6.04 Å². The van der Waals surface area contributed by atoms with Gasteiger partial charge in [-0.2, -0.15) is 0 Å². The van der Waals surface area contributed by atoms with Crippen LogP contribution in [0, 0.1) is 6.92 Å². The average Bonchev–Trinajstić information content (AvgIpc) is 2.83. The molecule has 1 aromatic heterocycles. The Balaban J connectivity index is 2.42. The van der Waals surface area contributed by atoms with E-state index in [4.69, 9.17) is 4.74 Å². The molecule has 102 valence electrons. The predicted molar refractivity (Wildman–Crippen MR) is 74.3 cm³/mol. The molecule has 0 radical (unpaired) electrons. The van der Waals surface area contributed by atoms with Crippen LogP contribution in [0.2, 0.25) is 0 Å². The zero-order chi connectivity index (χ0) is 13.8. The highest BCUT2D eigenvalue weighted by Crippen LogP contribution is 2.26. The number of methoxy groups -OCH3 is 1. The summed E-state index contributed by atoms with van der Waals surface area (Å²) in [6.45, 7) is 4.99. The van der Waals surface area contributed by atoms with Crippen molar-refractivity contribution in [2.24, 2.45) is 7.05 Å². The Kier molecular flexibility index (Phi) is 4.16. The maximum absolute atomic E-state index is 5.40. The number of hydrogen-bond donors (Lipinski definition) is 1. The fraction of sp³-hybridized carbons (Fsp3) is 0.429. The Labute approximate surface area is 113 Å². The smallest absolute Gasteiger partial charge is 0.122 e. The summed E-state index contributed by atoms with van der Waals surface area (Å²) in [5.74, 6) is 0.899. The van der Waals surface area contributed by atoms with E-state index in [2.05, 4.69) is 40.8 Å². The van der Waals surface area contributed by atoms with E-state index in [9.17, 15) is 0 Å². The minimum Gasteiger partial charge on any atom is -0.496 e. The fourth-order valence-corrected chi connectivity index (χ4v) is 2.17. The molecule has 2 rings (SSSR count). The molecule has 2 aromatic rings. The van der Waals surface area contributed by atoms with Crippen molar-refractivity contribution in [1.29, 1.82) is 0 Å². The molecule has 0 spiro atoms. The molecule has 1 unspecified atom stereocenters. The lowest BCUT2D eigenvalue weighted by Gasteiger charge is -2.19. The molecule has 0 aliphatic carbocycles. The molecule has 0 saturated carbocycles. The zero-order valence-corrected chi connectivity index (χ0v) is 11.8. The van der Waals surface area contributed by atoms with Gasteiger partial charge in [0.25, 0.3) is 0 Å². The number of nitrogens with one attached hydrogen (secondary N) is 1.